The lowest BCUT2D eigenvalue weighted by Crippen LogP contribution is -2.23. The van der Waals surface area contributed by atoms with Gasteiger partial charge in [-0.3, -0.25) is 4.68 Å². The summed E-state index contributed by atoms with van der Waals surface area (Å²) in [5.74, 6) is 0. The molecule has 1 aromatic heterocycles. The van der Waals surface area contributed by atoms with Crippen LogP contribution in [-0.4, -0.2) is 27.5 Å². The Morgan fingerprint density at radius 1 is 1.64 bits per heavy atom. The molecule has 0 bridgehead atoms. The Bertz CT molecular complexity index is 258. The summed E-state index contributed by atoms with van der Waals surface area (Å²) >= 11 is 0. The molecular formula is C10H19N3O. The first-order valence-corrected chi connectivity index (χ1v) is 5.12. The van der Waals surface area contributed by atoms with Gasteiger partial charge in [-0.15, -0.1) is 0 Å². The molecule has 0 unspecified atom stereocenters. The van der Waals surface area contributed by atoms with Crippen LogP contribution in [0.5, 0.6) is 0 Å². The van der Waals surface area contributed by atoms with E-state index in [1.165, 1.54) is 5.56 Å². The maximum Gasteiger partial charge on any atom is 0.0636 e. The van der Waals surface area contributed by atoms with Crippen LogP contribution in [0.4, 0.5) is 0 Å². The molecule has 0 aliphatic carbocycles. The lowest BCUT2D eigenvalue weighted by atomic mass is 10.3. The molecule has 1 atom stereocenters. The monoisotopic (exact) mass is 197 g/mol. The van der Waals surface area contributed by atoms with Gasteiger partial charge in [-0.2, -0.15) is 5.10 Å². The van der Waals surface area contributed by atoms with Crippen LogP contribution >= 0.6 is 0 Å². The summed E-state index contributed by atoms with van der Waals surface area (Å²) in [5.41, 5.74) is 1.17. The Balaban J connectivity index is 2.28. The van der Waals surface area contributed by atoms with Crippen molar-refractivity contribution in [1.29, 1.82) is 0 Å². The van der Waals surface area contributed by atoms with Crippen molar-refractivity contribution in [2.45, 2.75) is 39.5 Å². The lowest BCUT2D eigenvalue weighted by molar-refractivity contribution is 0.191. The lowest BCUT2D eigenvalue weighted by Gasteiger charge is -2.04. The second-order valence-electron chi connectivity index (χ2n) is 3.59. The van der Waals surface area contributed by atoms with Crippen LogP contribution in [0.2, 0.25) is 0 Å². The summed E-state index contributed by atoms with van der Waals surface area (Å²) in [5, 5.41) is 16.4. The number of aryl methyl sites for hydroxylation is 1. The summed E-state index contributed by atoms with van der Waals surface area (Å²) in [6.45, 7) is 6.27. The molecule has 4 heteroatoms. The van der Waals surface area contributed by atoms with Crippen molar-refractivity contribution in [3.63, 3.8) is 0 Å². The Labute approximate surface area is 84.9 Å². The van der Waals surface area contributed by atoms with E-state index in [4.69, 9.17) is 5.11 Å². The minimum Gasteiger partial charge on any atom is -0.392 e. The summed E-state index contributed by atoms with van der Waals surface area (Å²) in [6, 6.07) is 0. The highest BCUT2D eigenvalue weighted by atomic mass is 16.3. The van der Waals surface area contributed by atoms with Crippen LogP contribution in [0.25, 0.3) is 0 Å². The molecule has 0 saturated heterocycles. The first kappa shape index (κ1) is 11.2. The second-order valence-corrected chi connectivity index (χ2v) is 3.59. The van der Waals surface area contributed by atoms with Gasteiger partial charge in [0.1, 0.15) is 0 Å². The predicted octanol–water partition coefficient (Wildman–Crippen LogP) is 0.763. The standard InChI is InChI=1S/C10H19N3O/c1-3-4-13-8-10(7-12-13)6-11-5-9(2)14/h7-9,11,14H,3-6H2,1-2H3/t9-/m1/s1. The van der Waals surface area contributed by atoms with E-state index in [1.54, 1.807) is 6.92 Å². The number of hydrogen-bond donors (Lipinski definition) is 2. The van der Waals surface area contributed by atoms with E-state index >= 15 is 0 Å². The summed E-state index contributed by atoms with van der Waals surface area (Å²) < 4.78 is 1.94. The van der Waals surface area contributed by atoms with Crippen molar-refractivity contribution in [2.75, 3.05) is 6.54 Å². The number of aliphatic hydroxyl groups is 1. The van der Waals surface area contributed by atoms with Gasteiger partial charge in [-0.25, -0.2) is 0 Å². The average molecular weight is 197 g/mol. The number of hydrogen-bond acceptors (Lipinski definition) is 3. The fraction of sp³-hybridized carbons (Fsp3) is 0.700. The van der Waals surface area contributed by atoms with E-state index in [1.807, 2.05) is 17.1 Å². The molecule has 0 spiro atoms. The van der Waals surface area contributed by atoms with E-state index < -0.39 is 0 Å². The molecule has 1 rings (SSSR count). The fourth-order valence-corrected chi connectivity index (χ4v) is 1.27. The van der Waals surface area contributed by atoms with E-state index in [0.717, 1.165) is 19.5 Å². The van der Waals surface area contributed by atoms with Gasteiger partial charge in [0.25, 0.3) is 0 Å². The fourth-order valence-electron chi connectivity index (χ4n) is 1.27. The molecule has 80 valence electrons. The van der Waals surface area contributed by atoms with Gasteiger partial charge in [0.2, 0.25) is 0 Å². The molecule has 2 N–H and O–H groups in total. The van der Waals surface area contributed by atoms with Gasteiger partial charge in [-0.05, 0) is 13.3 Å². The molecule has 14 heavy (non-hydrogen) atoms. The van der Waals surface area contributed by atoms with Crippen molar-refractivity contribution in [1.82, 2.24) is 15.1 Å². The van der Waals surface area contributed by atoms with Crippen molar-refractivity contribution in [3.05, 3.63) is 18.0 Å². The number of rotatable bonds is 6. The molecule has 0 aliphatic rings. The van der Waals surface area contributed by atoms with Crippen molar-refractivity contribution in [3.8, 4) is 0 Å². The number of nitrogens with zero attached hydrogens (tertiary/aromatic N) is 2. The first-order chi connectivity index (χ1) is 6.72. The van der Waals surface area contributed by atoms with E-state index in [2.05, 4.69) is 17.3 Å². The van der Waals surface area contributed by atoms with Crippen LogP contribution in [0.15, 0.2) is 12.4 Å². The topological polar surface area (TPSA) is 50.1 Å². The van der Waals surface area contributed by atoms with Crippen LogP contribution in [0.3, 0.4) is 0 Å². The van der Waals surface area contributed by atoms with E-state index in [-0.39, 0.29) is 6.10 Å². The van der Waals surface area contributed by atoms with Gasteiger partial charge in [0.05, 0.1) is 12.3 Å². The van der Waals surface area contributed by atoms with Crippen molar-refractivity contribution >= 4 is 0 Å². The molecule has 0 amide bonds. The molecule has 0 aliphatic heterocycles. The molecule has 0 saturated carbocycles. The van der Waals surface area contributed by atoms with Crippen LogP contribution in [-0.2, 0) is 13.1 Å². The van der Waals surface area contributed by atoms with E-state index in [0.29, 0.717) is 6.54 Å². The molecule has 1 aromatic rings. The van der Waals surface area contributed by atoms with Crippen LogP contribution < -0.4 is 5.32 Å². The molecule has 0 radical (unpaired) electrons. The predicted molar refractivity (Wildman–Crippen MR) is 55.9 cm³/mol. The van der Waals surface area contributed by atoms with Gasteiger partial charge in [0.15, 0.2) is 0 Å². The maximum absolute atomic E-state index is 9.04. The number of aliphatic hydroxyl groups excluding tert-OH is 1. The average Bonchev–Trinajstić information content (AvgIpc) is 2.53. The maximum atomic E-state index is 9.04. The minimum absolute atomic E-state index is 0.291. The Morgan fingerprint density at radius 2 is 2.43 bits per heavy atom. The normalized spacial score (nSPS) is 13.1. The Hall–Kier alpha value is -0.870. The highest BCUT2D eigenvalue weighted by molar-refractivity contribution is 5.03. The zero-order valence-electron chi connectivity index (χ0n) is 8.90. The highest BCUT2D eigenvalue weighted by Crippen LogP contribution is 1.98. The molecule has 0 aromatic carbocycles. The second kappa shape index (κ2) is 5.78. The Morgan fingerprint density at radius 3 is 3.07 bits per heavy atom. The van der Waals surface area contributed by atoms with Crippen LogP contribution in [0.1, 0.15) is 25.8 Å². The number of aromatic nitrogens is 2. The third-order valence-electron chi connectivity index (χ3n) is 1.91. The van der Waals surface area contributed by atoms with Crippen molar-refractivity contribution < 1.29 is 5.11 Å². The Kier molecular flexibility index (Phi) is 4.62. The van der Waals surface area contributed by atoms with Gasteiger partial charge in [-0.1, -0.05) is 6.92 Å². The molecular weight excluding hydrogens is 178 g/mol. The zero-order valence-corrected chi connectivity index (χ0v) is 8.90. The zero-order chi connectivity index (χ0) is 10.4. The largest absolute Gasteiger partial charge is 0.392 e. The van der Waals surface area contributed by atoms with Crippen LogP contribution in [0, 0.1) is 0 Å². The van der Waals surface area contributed by atoms with Gasteiger partial charge < -0.3 is 10.4 Å². The van der Waals surface area contributed by atoms with Gasteiger partial charge >= 0.3 is 0 Å². The molecule has 0 fully saturated rings. The highest BCUT2D eigenvalue weighted by Gasteiger charge is 1.98. The number of nitrogens with one attached hydrogen (secondary N) is 1. The molecule has 1 heterocycles. The van der Waals surface area contributed by atoms with E-state index in [9.17, 15) is 0 Å². The minimum atomic E-state index is -0.291. The quantitative estimate of drug-likeness (QED) is 0.708. The first-order valence-electron chi connectivity index (χ1n) is 5.12. The van der Waals surface area contributed by atoms with Gasteiger partial charge in [0, 0.05) is 31.4 Å². The summed E-state index contributed by atoms with van der Waals surface area (Å²) in [6.07, 6.45) is 4.71. The smallest absolute Gasteiger partial charge is 0.0636 e. The third kappa shape index (κ3) is 3.89. The van der Waals surface area contributed by atoms with Crippen molar-refractivity contribution in [2.24, 2.45) is 0 Å². The summed E-state index contributed by atoms with van der Waals surface area (Å²) in [7, 11) is 0. The SMILES string of the molecule is CCCn1cc(CNC[C@@H](C)O)cn1. The summed E-state index contributed by atoms with van der Waals surface area (Å²) in [4.78, 5) is 0. The molecule has 4 nitrogen and oxygen atoms in total. The third-order valence-corrected chi connectivity index (χ3v) is 1.91.